The molecule has 0 aromatic heterocycles. The number of primary amides is 1. The van der Waals surface area contributed by atoms with Crippen molar-refractivity contribution in [2.24, 2.45) is 17.6 Å². The molecule has 1 aliphatic heterocycles. The second kappa shape index (κ2) is 16.0. The number of nitrogens with two attached hydrogens (primary N) is 1. The van der Waals surface area contributed by atoms with Gasteiger partial charge in [-0.05, 0) is 38.2 Å². The van der Waals surface area contributed by atoms with Gasteiger partial charge in [0, 0.05) is 43.9 Å². The fraction of sp³-hybridized carbons (Fsp3) is 0.484. The highest BCUT2D eigenvalue weighted by atomic mass is 16.6. The molecule has 0 saturated heterocycles. The van der Waals surface area contributed by atoms with Gasteiger partial charge < -0.3 is 45.9 Å². The molecule has 1 aliphatic rings. The minimum absolute atomic E-state index is 0.0416. The van der Waals surface area contributed by atoms with Crippen LogP contribution in [0.5, 0.6) is 11.5 Å². The van der Waals surface area contributed by atoms with Crippen LogP contribution in [0.3, 0.4) is 0 Å². The lowest BCUT2D eigenvalue weighted by molar-refractivity contribution is -0.112. The van der Waals surface area contributed by atoms with E-state index in [1.165, 1.54) is 26.4 Å². The number of carbonyl (C=O) groups excluding carboxylic acids is 2. The smallest absolute Gasteiger partial charge is 0.405 e. The lowest BCUT2D eigenvalue weighted by Crippen LogP contribution is -2.37. The van der Waals surface area contributed by atoms with Crippen LogP contribution in [-0.2, 0) is 25.4 Å². The highest BCUT2D eigenvalue weighted by Crippen LogP contribution is 2.42. The van der Waals surface area contributed by atoms with E-state index >= 15 is 0 Å². The first-order valence-corrected chi connectivity index (χ1v) is 13.8. The number of rotatable bonds is 6. The van der Waals surface area contributed by atoms with E-state index in [1.807, 2.05) is 13.8 Å². The van der Waals surface area contributed by atoms with Gasteiger partial charge in [0.2, 0.25) is 0 Å². The van der Waals surface area contributed by atoms with Gasteiger partial charge in [0.1, 0.15) is 17.6 Å². The molecule has 2 bridgehead atoms. The van der Waals surface area contributed by atoms with Crippen LogP contribution in [0.25, 0.3) is 0 Å². The van der Waals surface area contributed by atoms with Crippen molar-refractivity contribution >= 4 is 23.4 Å². The van der Waals surface area contributed by atoms with Gasteiger partial charge in [-0.1, -0.05) is 44.2 Å². The maximum Gasteiger partial charge on any atom is 0.405 e. The lowest BCUT2D eigenvalue weighted by atomic mass is 9.87. The van der Waals surface area contributed by atoms with E-state index < -0.39 is 42.3 Å². The summed E-state index contributed by atoms with van der Waals surface area (Å²) in [4.78, 5) is 24.7. The zero-order chi connectivity index (χ0) is 31.6. The number of allylic oxidation sites excluding steroid dienone is 2. The maximum atomic E-state index is 13.0. The van der Waals surface area contributed by atoms with Gasteiger partial charge in [-0.25, -0.2) is 4.79 Å². The van der Waals surface area contributed by atoms with Crippen molar-refractivity contribution < 1.29 is 39.1 Å². The van der Waals surface area contributed by atoms with Crippen molar-refractivity contribution in [3.8, 4) is 11.5 Å². The normalized spacial score (nSPS) is 29.3. The molecule has 11 nitrogen and oxygen atoms in total. The number of phenolic OH excluding ortho intramolecular Hbond substituents is 2. The average molecular weight is 588 g/mol. The Morgan fingerprint density at radius 3 is 2.52 bits per heavy atom. The van der Waals surface area contributed by atoms with Crippen LogP contribution in [0.15, 0.2) is 54.2 Å². The standard InChI is InChI=1S/C31H45N3O8/c1-8-12-33-26-21-13-17(2)14-25(41-7)27(36)19(4)15-20(5)29(42-31(32)39)24(40-6)11-9-10-18(3)30(38)34-22(28(21)37)16-23(26)35/h8-11,15-17,19,24-25,27,29,33,35-37H,1,12-14H2,2-7H3,(H2,32,39)(H,34,38)/b11-9-,18-10-,20-15-/t17-,19+,24+,25+,27-,29+/m1/s1. The van der Waals surface area contributed by atoms with Crippen LogP contribution in [-0.4, -0.2) is 72.5 Å². The minimum atomic E-state index is -0.990. The Kier molecular flexibility index (Phi) is 13.1. The minimum Gasteiger partial charge on any atom is -0.506 e. The van der Waals surface area contributed by atoms with Crippen molar-refractivity contribution in [1.29, 1.82) is 0 Å². The van der Waals surface area contributed by atoms with Crippen LogP contribution < -0.4 is 16.4 Å². The zero-order valence-corrected chi connectivity index (χ0v) is 25.2. The van der Waals surface area contributed by atoms with E-state index in [0.29, 0.717) is 41.8 Å². The van der Waals surface area contributed by atoms with Gasteiger partial charge >= 0.3 is 6.09 Å². The maximum absolute atomic E-state index is 13.0. The Labute approximate surface area is 247 Å². The predicted octanol–water partition coefficient (Wildman–Crippen LogP) is 4.16. The van der Waals surface area contributed by atoms with Crippen molar-refractivity contribution in [1.82, 2.24) is 0 Å². The number of aromatic hydroxyl groups is 2. The second-order valence-electron chi connectivity index (χ2n) is 10.6. The number of carbonyl (C=O) groups is 2. The number of methoxy groups -OCH3 is 2. The number of nitrogens with one attached hydrogen (secondary N) is 2. The van der Waals surface area contributed by atoms with Crippen molar-refractivity contribution in [2.45, 2.75) is 65.0 Å². The number of ether oxygens (including phenoxy) is 3. The molecular formula is C31H45N3O8. The molecule has 2 rings (SSSR count). The zero-order valence-electron chi connectivity index (χ0n) is 25.2. The number of hydrogen-bond acceptors (Lipinski definition) is 9. The molecule has 1 aromatic rings. The van der Waals surface area contributed by atoms with Crippen LogP contribution in [0.1, 0.15) is 39.7 Å². The number of aliphatic hydroxyl groups is 1. The molecule has 232 valence electrons. The van der Waals surface area contributed by atoms with E-state index in [2.05, 4.69) is 17.2 Å². The highest BCUT2D eigenvalue weighted by Gasteiger charge is 2.30. The second-order valence-corrected chi connectivity index (χ2v) is 10.6. The number of hydrogen-bond donors (Lipinski definition) is 6. The molecule has 7 N–H and O–H groups in total. The molecule has 0 radical (unpaired) electrons. The van der Waals surface area contributed by atoms with E-state index in [1.54, 1.807) is 38.2 Å². The summed E-state index contributed by atoms with van der Waals surface area (Å²) < 4.78 is 16.6. The van der Waals surface area contributed by atoms with Crippen LogP contribution in [0.4, 0.5) is 16.2 Å². The summed E-state index contributed by atoms with van der Waals surface area (Å²) in [5.74, 6) is -1.41. The Morgan fingerprint density at radius 2 is 1.93 bits per heavy atom. The van der Waals surface area contributed by atoms with Crippen molar-refractivity contribution in [3.05, 3.63) is 59.7 Å². The van der Waals surface area contributed by atoms with Gasteiger partial charge in [-0.2, -0.15) is 0 Å². The molecule has 42 heavy (non-hydrogen) atoms. The SMILES string of the molecule is C=CCNc1c(O)cc2c(O)c1C[C@@H](C)C[C@H](OC)[C@H](O)[C@@H](C)/C=C(/C)[C@H](OC(N)=O)[C@@H](OC)/C=C\C=C(\C)C(=O)N2. The van der Waals surface area contributed by atoms with Gasteiger partial charge in [-0.3, -0.25) is 4.79 Å². The monoisotopic (exact) mass is 587 g/mol. The number of benzene rings is 1. The van der Waals surface area contributed by atoms with Gasteiger partial charge in [0.25, 0.3) is 5.91 Å². The number of fused-ring (bicyclic) bond motifs is 2. The number of amides is 2. The van der Waals surface area contributed by atoms with Crippen LogP contribution in [0.2, 0.25) is 0 Å². The summed E-state index contributed by atoms with van der Waals surface area (Å²) >= 11 is 0. The Bertz CT molecular complexity index is 1210. The summed E-state index contributed by atoms with van der Waals surface area (Å²) in [6.45, 7) is 11.1. The van der Waals surface area contributed by atoms with Crippen LogP contribution in [0, 0.1) is 11.8 Å². The van der Waals surface area contributed by atoms with E-state index in [0.717, 1.165) is 0 Å². The van der Waals surface area contributed by atoms with E-state index in [-0.39, 0.29) is 23.1 Å². The first kappa shape index (κ1) is 34.4. The molecule has 1 aromatic carbocycles. The van der Waals surface area contributed by atoms with Gasteiger partial charge in [0.05, 0.1) is 23.6 Å². The summed E-state index contributed by atoms with van der Waals surface area (Å²) in [6, 6.07) is 1.28. The van der Waals surface area contributed by atoms with Crippen molar-refractivity contribution in [3.63, 3.8) is 0 Å². The Balaban J connectivity index is 2.67. The van der Waals surface area contributed by atoms with Gasteiger partial charge in [0.15, 0.2) is 6.10 Å². The molecule has 0 unspecified atom stereocenters. The topological polar surface area (TPSA) is 173 Å². The number of aliphatic hydroxyl groups excluding tert-OH is 1. The summed E-state index contributed by atoms with van der Waals surface area (Å²) in [5.41, 5.74) is 7.01. The Morgan fingerprint density at radius 1 is 1.24 bits per heavy atom. The molecule has 2 amide bonds. The number of phenols is 2. The Hall–Kier alpha value is -3.80. The fourth-order valence-electron chi connectivity index (χ4n) is 4.98. The lowest BCUT2D eigenvalue weighted by Gasteiger charge is -2.29. The molecule has 0 spiro atoms. The first-order chi connectivity index (χ1) is 19.8. The molecule has 1 heterocycles. The largest absolute Gasteiger partial charge is 0.506 e. The third-order valence-electron chi connectivity index (χ3n) is 7.25. The molecule has 0 aliphatic carbocycles. The first-order valence-electron chi connectivity index (χ1n) is 13.8. The van der Waals surface area contributed by atoms with Crippen LogP contribution >= 0.6 is 0 Å². The summed E-state index contributed by atoms with van der Waals surface area (Å²) in [5, 5.41) is 39.1. The van der Waals surface area contributed by atoms with E-state index in [9.17, 15) is 24.9 Å². The molecule has 6 atom stereocenters. The molecule has 0 saturated carbocycles. The number of anilines is 2. The average Bonchev–Trinajstić information content (AvgIpc) is 2.94. The predicted molar refractivity (Wildman–Crippen MR) is 162 cm³/mol. The van der Waals surface area contributed by atoms with Gasteiger partial charge in [-0.15, -0.1) is 6.58 Å². The van der Waals surface area contributed by atoms with E-state index in [4.69, 9.17) is 19.9 Å². The third-order valence-corrected chi connectivity index (χ3v) is 7.25. The third kappa shape index (κ3) is 9.10. The summed E-state index contributed by atoms with van der Waals surface area (Å²) in [7, 11) is 2.95. The summed E-state index contributed by atoms with van der Waals surface area (Å²) in [6.07, 6.45) is 4.64. The van der Waals surface area contributed by atoms with Crippen molar-refractivity contribution in [2.75, 3.05) is 31.4 Å². The molecule has 11 heteroatoms. The molecule has 0 fully saturated rings. The quantitative estimate of drug-likeness (QED) is 0.162. The fourth-order valence-corrected chi connectivity index (χ4v) is 4.98. The highest BCUT2D eigenvalue weighted by molar-refractivity contribution is 6.04. The molecular weight excluding hydrogens is 542 g/mol.